The van der Waals surface area contributed by atoms with Crippen LogP contribution in [0.1, 0.15) is 29.7 Å². The van der Waals surface area contributed by atoms with Crippen molar-refractivity contribution >= 4 is 21.4 Å². The maximum absolute atomic E-state index is 15.0. The molecule has 1 aliphatic heterocycles. The quantitative estimate of drug-likeness (QED) is 0.352. The van der Waals surface area contributed by atoms with Crippen LogP contribution in [0, 0.1) is 5.82 Å². The summed E-state index contributed by atoms with van der Waals surface area (Å²) in [7, 11) is 0. The predicted molar refractivity (Wildman–Crippen MR) is 123 cm³/mol. The lowest BCUT2D eigenvalue weighted by Crippen LogP contribution is -2.11. The van der Waals surface area contributed by atoms with Crippen LogP contribution in [0.3, 0.4) is 0 Å². The molecule has 5 heteroatoms. The first-order chi connectivity index (χ1) is 15.2. The van der Waals surface area contributed by atoms with Crippen LogP contribution >= 0.6 is 11.3 Å². The predicted octanol–water partition coefficient (Wildman–Crippen LogP) is 6.60. The summed E-state index contributed by atoms with van der Waals surface area (Å²) in [5.41, 5.74) is 4.76. The van der Waals surface area contributed by atoms with Crippen LogP contribution in [0.25, 0.3) is 31.8 Å². The van der Waals surface area contributed by atoms with E-state index in [-0.39, 0.29) is 11.9 Å². The van der Waals surface area contributed by atoms with Crippen LogP contribution in [0.4, 0.5) is 4.39 Å². The molecule has 0 bridgehead atoms. The van der Waals surface area contributed by atoms with Crippen LogP contribution in [0.2, 0.25) is 0 Å². The van der Waals surface area contributed by atoms with Gasteiger partial charge in [0.25, 0.3) is 0 Å². The number of rotatable bonds is 4. The Labute approximate surface area is 183 Å². The number of hydrogen-bond donors (Lipinski definition) is 1. The molecule has 5 aromatic rings. The van der Waals surface area contributed by atoms with Gasteiger partial charge in [-0.2, -0.15) is 0 Å². The van der Waals surface area contributed by atoms with E-state index in [1.165, 1.54) is 0 Å². The third-order valence-electron chi connectivity index (χ3n) is 6.10. The highest BCUT2D eigenvalue weighted by Gasteiger charge is 2.30. The largest absolute Gasteiger partial charge is 0.388 e. The molecule has 1 N–H and O–H groups in total. The molecule has 0 saturated carbocycles. The zero-order valence-corrected chi connectivity index (χ0v) is 17.4. The van der Waals surface area contributed by atoms with Gasteiger partial charge in [0.05, 0.1) is 30.4 Å². The lowest BCUT2D eigenvalue weighted by Gasteiger charge is -2.20. The number of halogens is 1. The first-order valence-electron chi connectivity index (χ1n) is 10.3. The monoisotopic (exact) mass is 426 g/mol. The Bertz CT molecular complexity index is 1410. The summed E-state index contributed by atoms with van der Waals surface area (Å²) in [5, 5.41) is 12.0. The minimum Gasteiger partial charge on any atom is -0.388 e. The van der Waals surface area contributed by atoms with Crippen molar-refractivity contribution in [1.29, 1.82) is 0 Å². The first kappa shape index (κ1) is 18.5. The van der Waals surface area contributed by atoms with Crippen molar-refractivity contribution in [3.8, 4) is 21.7 Å². The summed E-state index contributed by atoms with van der Waals surface area (Å²) in [6.45, 7) is 0. The van der Waals surface area contributed by atoms with Crippen molar-refractivity contribution < 1.29 is 9.50 Å². The molecule has 31 heavy (non-hydrogen) atoms. The number of aliphatic hydroxyl groups is 1. The fourth-order valence-electron chi connectivity index (χ4n) is 4.59. The topological polar surface area (TPSA) is 38.1 Å². The van der Waals surface area contributed by atoms with Crippen molar-refractivity contribution in [1.82, 2.24) is 9.55 Å². The molecule has 2 atom stereocenters. The molecule has 0 fully saturated rings. The van der Waals surface area contributed by atoms with E-state index >= 15 is 4.39 Å². The second-order valence-electron chi connectivity index (χ2n) is 7.93. The number of thiophene rings is 1. The van der Waals surface area contributed by atoms with E-state index in [4.69, 9.17) is 0 Å². The highest BCUT2D eigenvalue weighted by molar-refractivity contribution is 7.22. The van der Waals surface area contributed by atoms with Gasteiger partial charge in [-0.05, 0) is 34.7 Å². The van der Waals surface area contributed by atoms with Gasteiger partial charge >= 0.3 is 0 Å². The molecule has 3 aromatic carbocycles. The summed E-state index contributed by atoms with van der Waals surface area (Å²) in [6.07, 6.45) is 3.10. The smallest absolute Gasteiger partial charge is 0.130 e. The summed E-state index contributed by atoms with van der Waals surface area (Å²) in [5.74, 6) is -0.362. The number of aromatic nitrogens is 2. The lowest BCUT2D eigenvalue weighted by molar-refractivity contribution is 0.149. The van der Waals surface area contributed by atoms with Gasteiger partial charge in [-0.15, -0.1) is 11.3 Å². The molecule has 6 rings (SSSR count). The van der Waals surface area contributed by atoms with Crippen LogP contribution in [0.15, 0.2) is 85.3 Å². The molecular formula is C26H19FN2OS. The third kappa shape index (κ3) is 3.00. The number of nitrogens with zero attached hydrogens (tertiary/aromatic N) is 2. The highest BCUT2D eigenvalue weighted by Crippen LogP contribution is 2.44. The molecule has 2 unspecified atom stereocenters. The van der Waals surface area contributed by atoms with Crippen LogP contribution in [-0.2, 0) is 0 Å². The Morgan fingerprint density at radius 3 is 2.71 bits per heavy atom. The Kier molecular flexibility index (Phi) is 4.26. The van der Waals surface area contributed by atoms with E-state index in [9.17, 15) is 5.11 Å². The van der Waals surface area contributed by atoms with Crippen molar-refractivity contribution in [3.05, 3.63) is 102 Å². The standard InChI is InChI=1S/C26H19FN2OS/c27-21-12-26-17(11-25(31-26)16-6-2-1-3-7-16)10-20(21)24(30)13-22-18-8-4-5-9-19(18)23-14-28-15-29(22)23/h1-12,14-15,22,24,30H,13H2. The summed E-state index contributed by atoms with van der Waals surface area (Å²) < 4.78 is 18.0. The zero-order chi connectivity index (χ0) is 20.9. The second-order valence-corrected chi connectivity index (χ2v) is 9.01. The molecular weight excluding hydrogens is 407 g/mol. The van der Waals surface area contributed by atoms with Gasteiger partial charge in [0.2, 0.25) is 0 Å². The second kappa shape index (κ2) is 7.15. The van der Waals surface area contributed by atoms with Gasteiger partial charge in [0, 0.05) is 27.1 Å². The number of benzene rings is 3. The maximum atomic E-state index is 15.0. The van der Waals surface area contributed by atoms with Crippen molar-refractivity contribution in [3.63, 3.8) is 0 Å². The zero-order valence-electron chi connectivity index (χ0n) is 16.6. The Hall–Kier alpha value is -3.28. The number of hydrogen-bond acceptors (Lipinski definition) is 3. The maximum Gasteiger partial charge on any atom is 0.130 e. The van der Waals surface area contributed by atoms with Gasteiger partial charge < -0.3 is 9.67 Å². The Morgan fingerprint density at radius 2 is 1.84 bits per heavy atom. The van der Waals surface area contributed by atoms with Crippen LogP contribution < -0.4 is 0 Å². The van der Waals surface area contributed by atoms with E-state index < -0.39 is 6.10 Å². The van der Waals surface area contributed by atoms with Crippen molar-refractivity contribution in [2.75, 3.05) is 0 Å². The van der Waals surface area contributed by atoms with E-state index in [2.05, 4.69) is 39.9 Å². The highest BCUT2D eigenvalue weighted by atomic mass is 32.1. The molecule has 2 aromatic heterocycles. The van der Waals surface area contributed by atoms with Gasteiger partial charge in [-0.25, -0.2) is 9.37 Å². The summed E-state index contributed by atoms with van der Waals surface area (Å²) >= 11 is 1.57. The average Bonchev–Trinajstić information content (AvgIpc) is 3.50. The Balaban J connectivity index is 1.36. The lowest BCUT2D eigenvalue weighted by atomic mass is 9.95. The fraction of sp³-hybridized carbons (Fsp3) is 0.115. The molecule has 1 aliphatic rings. The number of aliphatic hydroxyl groups excluding tert-OH is 1. The molecule has 0 radical (unpaired) electrons. The average molecular weight is 427 g/mol. The first-order valence-corrected chi connectivity index (χ1v) is 11.1. The van der Waals surface area contributed by atoms with Crippen LogP contribution in [0.5, 0.6) is 0 Å². The normalized spacial score (nSPS) is 15.7. The van der Waals surface area contributed by atoms with E-state index in [0.29, 0.717) is 12.0 Å². The fourth-order valence-corrected chi connectivity index (χ4v) is 5.67. The number of fused-ring (bicyclic) bond motifs is 4. The SMILES string of the molecule is OC(CC1c2ccccc2-c2cncn21)c1cc2cc(-c3ccccc3)sc2cc1F. The molecule has 152 valence electrons. The number of imidazole rings is 1. The molecule has 0 spiro atoms. The van der Waals surface area contributed by atoms with Gasteiger partial charge in [-0.3, -0.25) is 0 Å². The van der Waals surface area contributed by atoms with Gasteiger partial charge in [-0.1, -0.05) is 54.6 Å². The van der Waals surface area contributed by atoms with Crippen LogP contribution in [-0.4, -0.2) is 14.7 Å². The molecule has 0 saturated heterocycles. The minimum atomic E-state index is -0.920. The minimum absolute atomic E-state index is 0.0684. The van der Waals surface area contributed by atoms with Crippen molar-refractivity contribution in [2.24, 2.45) is 0 Å². The third-order valence-corrected chi connectivity index (χ3v) is 7.24. The summed E-state index contributed by atoms with van der Waals surface area (Å²) in [6, 6.07) is 23.6. The van der Waals surface area contributed by atoms with E-state index in [1.54, 1.807) is 29.8 Å². The van der Waals surface area contributed by atoms with Gasteiger partial charge in [0.15, 0.2) is 0 Å². The molecule has 0 aliphatic carbocycles. The van der Waals surface area contributed by atoms with E-state index in [0.717, 1.165) is 37.3 Å². The molecule has 3 nitrogen and oxygen atoms in total. The molecule has 0 amide bonds. The Morgan fingerprint density at radius 1 is 1.03 bits per heavy atom. The summed E-state index contributed by atoms with van der Waals surface area (Å²) in [4.78, 5) is 5.36. The van der Waals surface area contributed by atoms with Crippen molar-refractivity contribution in [2.45, 2.75) is 18.6 Å². The van der Waals surface area contributed by atoms with Gasteiger partial charge in [0.1, 0.15) is 5.82 Å². The molecule has 3 heterocycles. The van der Waals surface area contributed by atoms with E-state index in [1.807, 2.05) is 36.5 Å².